The number of ether oxygens (including phenoxy) is 1. The second-order valence-electron chi connectivity index (χ2n) is 6.08. The number of hydrogen-bond donors (Lipinski definition) is 2. The first kappa shape index (κ1) is 18.3. The molecule has 0 aromatic rings. The van der Waals surface area contributed by atoms with E-state index in [4.69, 9.17) is 0 Å². The van der Waals surface area contributed by atoms with Crippen LogP contribution in [0.4, 0.5) is 4.79 Å². The summed E-state index contributed by atoms with van der Waals surface area (Å²) in [6.07, 6.45) is 1.12. The lowest BCUT2D eigenvalue weighted by Crippen LogP contribution is -2.48. The van der Waals surface area contributed by atoms with Crippen molar-refractivity contribution in [1.82, 2.24) is 10.2 Å². The summed E-state index contributed by atoms with van der Waals surface area (Å²) in [5.74, 6) is -1.35. The molecule has 1 heterocycles. The quantitative estimate of drug-likeness (QED) is 0.774. The van der Waals surface area contributed by atoms with Crippen LogP contribution in [0.5, 0.6) is 0 Å². The van der Waals surface area contributed by atoms with Crippen LogP contribution in [0.2, 0.25) is 0 Å². The first-order valence-corrected chi connectivity index (χ1v) is 7.66. The van der Waals surface area contributed by atoms with Gasteiger partial charge in [0.2, 0.25) is 5.91 Å². The van der Waals surface area contributed by atoms with Crippen LogP contribution in [0, 0.1) is 11.8 Å². The fraction of sp³-hybridized carbons (Fsp3) is 0.800. The third kappa shape index (κ3) is 4.35. The second-order valence-corrected chi connectivity index (χ2v) is 6.08. The largest absolute Gasteiger partial charge is 0.480 e. The highest BCUT2D eigenvalue weighted by molar-refractivity contribution is 5.86. The summed E-state index contributed by atoms with van der Waals surface area (Å²) in [6, 6.07) is -0.805. The summed E-state index contributed by atoms with van der Waals surface area (Å²) in [5.41, 5.74) is 0. The van der Waals surface area contributed by atoms with Crippen molar-refractivity contribution in [2.75, 3.05) is 13.7 Å². The molecule has 0 bridgehead atoms. The third-order valence-electron chi connectivity index (χ3n) is 4.24. The molecule has 3 atom stereocenters. The number of carboxylic acid groups (broad SMARTS) is 1. The van der Waals surface area contributed by atoms with Gasteiger partial charge in [-0.2, -0.15) is 0 Å². The van der Waals surface area contributed by atoms with Crippen molar-refractivity contribution in [2.24, 2.45) is 11.8 Å². The summed E-state index contributed by atoms with van der Waals surface area (Å²) < 4.78 is 4.50. The molecular formula is C15H26N2O5. The molecule has 0 radical (unpaired) electrons. The Kier molecular flexibility index (Phi) is 6.64. The molecule has 1 aliphatic heterocycles. The number of methoxy groups -OCH3 is 1. The van der Waals surface area contributed by atoms with Crippen LogP contribution >= 0.6 is 0 Å². The summed E-state index contributed by atoms with van der Waals surface area (Å²) in [7, 11) is 1.28. The highest BCUT2D eigenvalue weighted by Crippen LogP contribution is 2.29. The number of nitrogens with one attached hydrogen (secondary N) is 1. The molecule has 1 saturated heterocycles. The number of carbonyl (C=O) groups is 3. The van der Waals surface area contributed by atoms with Crippen LogP contribution in [-0.4, -0.2) is 53.7 Å². The number of nitrogens with zero attached hydrogens (tertiary/aromatic N) is 1. The van der Waals surface area contributed by atoms with Crippen LogP contribution < -0.4 is 5.32 Å². The summed E-state index contributed by atoms with van der Waals surface area (Å²) in [6.45, 7) is 6.06. The van der Waals surface area contributed by atoms with E-state index in [2.05, 4.69) is 10.1 Å². The Bertz CT molecular complexity index is 424. The van der Waals surface area contributed by atoms with Crippen molar-refractivity contribution in [3.63, 3.8) is 0 Å². The van der Waals surface area contributed by atoms with Crippen LogP contribution in [0.3, 0.4) is 0 Å². The third-order valence-corrected chi connectivity index (χ3v) is 4.24. The van der Waals surface area contributed by atoms with Gasteiger partial charge in [-0.05, 0) is 32.1 Å². The standard InChI is InChI=1S/C15H26N2O5/c1-9(2)11(7-8-16-15(21)22-4)13(18)17-10(3)5-6-12(17)14(19)20/h9-12H,5-8H2,1-4H3,(H,16,21)(H,19,20)/t10-,11-,12-/m0/s1. The van der Waals surface area contributed by atoms with E-state index < -0.39 is 18.1 Å². The van der Waals surface area contributed by atoms with Crippen LogP contribution in [0.25, 0.3) is 0 Å². The molecule has 1 rings (SSSR count). The highest BCUT2D eigenvalue weighted by atomic mass is 16.5. The zero-order valence-corrected chi connectivity index (χ0v) is 13.7. The molecule has 7 heteroatoms. The second kappa shape index (κ2) is 8.00. The predicted molar refractivity (Wildman–Crippen MR) is 80.3 cm³/mol. The topological polar surface area (TPSA) is 95.9 Å². The van der Waals surface area contributed by atoms with E-state index in [1.165, 1.54) is 12.0 Å². The maximum Gasteiger partial charge on any atom is 0.406 e. The van der Waals surface area contributed by atoms with Gasteiger partial charge in [-0.25, -0.2) is 9.59 Å². The summed E-state index contributed by atoms with van der Waals surface area (Å²) >= 11 is 0. The zero-order chi connectivity index (χ0) is 16.9. The summed E-state index contributed by atoms with van der Waals surface area (Å²) in [5, 5.41) is 11.8. The Balaban J connectivity index is 2.75. The van der Waals surface area contributed by atoms with Gasteiger partial charge in [-0.15, -0.1) is 0 Å². The molecule has 1 aliphatic rings. The van der Waals surface area contributed by atoms with Crippen LogP contribution in [0.1, 0.15) is 40.0 Å². The van der Waals surface area contributed by atoms with E-state index in [0.717, 1.165) is 0 Å². The van der Waals surface area contributed by atoms with E-state index >= 15 is 0 Å². The minimum atomic E-state index is -0.951. The zero-order valence-electron chi connectivity index (χ0n) is 13.7. The fourth-order valence-electron chi connectivity index (χ4n) is 2.93. The van der Waals surface area contributed by atoms with E-state index in [-0.39, 0.29) is 23.8 Å². The lowest BCUT2D eigenvalue weighted by Gasteiger charge is -2.32. The Labute approximate surface area is 131 Å². The normalized spacial score (nSPS) is 22.5. The SMILES string of the molecule is COC(=O)NCC[C@H](C(=O)N1[C@@H](C)CC[C@H]1C(=O)O)C(C)C. The Hall–Kier alpha value is -1.79. The summed E-state index contributed by atoms with van der Waals surface area (Å²) in [4.78, 5) is 36.7. The van der Waals surface area contributed by atoms with Gasteiger partial charge in [0.25, 0.3) is 0 Å². The van der Waals surface area contributed by atoms with Gasteiger partial charge in [-0.3, -0.25) is 4.79 Å². The molecule has 2 N–H and O–H groups in total. The van der Waals surface area contributed by atoms with Crippen molar-refractivity contribution in [3.05, 3.63) is 0 Å². The number of carboxylic acids is 1. The van der Waals surface area contributed by atoms with Crippen molar-refractivity contribution in [1.29, 1.82) is 0 Å². The minimum Gasteiger partial charge on any atom is -0.480 e. The van der Waals surface area contributed by atoms with Gasteiger partial charge in [0.15, 0.2) is 0 Å². The first-order chi connectivity index (χ1) is 10.3. The molecule has 7 nitrogen and oxygen atoms in total. The van der Waals surface area contributed by atoms with E-state index in [0.29, 0.717) is 25.8 Å². The number of rotatable bonds is 6. The lowest BCUT2D eigenvalue weighted by atomic mass is 9.90. The molecule has 126 valence electrons. The fourth-order valence-corrected chi connectivity index (χ4v) is 2.93. The van der Waals surface area contributed by atoms with Crippen LogP contribution in [0.15, 0.2) is 0 Å². The molecule has 0 aromatic carbocycles. The number of carbonyl (C=O) groups excluding carboxylic acids is 2. The molecule has 0 spiro atoms. The Morgan fingerprint density at radius 1 is 1.32 bits per heavy atom. The van der Waals surface area contributed by atoms with Crippen LogP contribution in [-0.2, 0) is 14.3 Å². The van der Waals surface area contributed by atoms with Gasteiger partial charge in [0.1, 0.15) is 6.04 Å². The number of aliphatic carboxylic acids is 1. The number of amides is 2. The maximum atomic E-state index is 12.8. The first-order valence-electron chi connectivity index (χ1n) is 7.66. The monoisotopic (exact) mass is 314 g/mol. The van der Waals surface area contributed by atoms with Gasteiger partial charge in [0.05, 0.1) is 7.11 Å². The number of alkyl carbamates (subject to hydrolysis) is 1. The van der Waals surface area contributed by atoms with Gasteiger partial charge in [0, 0.05) is 18.5 Å². The smallest absolute Gasteiger partial charge is 0.406 e. The van der Waals surface area contributed by atoms with E-state index in [9.17, 15) is 19.5 Å². The molecule has 2 amide bonds. The highest BCUT2D eigenvalue weighted by Gasteiger charge is 2.41. The maximum absolute atomic E-state index is 12.8. The molecule has 0 unspecified atom stereocenters. The van der Waals surface area contributed by atoms with Crippen molar-refractivity contribution < 1.29 is 24.2 Å². The Morgan fingerprint density at radius 2 is 1.95 bits per heavy atom. The van der Waals surface area contributed by atoms with E-state index in [1.54, 1.807) is 0 Å². The minimum absolute atomic E-state index is 0.0641. The average Bonchev–Trinajstić information content (AvgIpc) is 2.84. The lowest BCUT2D eigenvalue weighted by molar-refractivity contribution is -0.152. The van der Waals surface area contributed by atoms with E-state index in [1.807, 2.05) is 20.8 Å². The number of hydrogen-bond acceptors (Lipinski definition) is 4. The van der Waals surface area contributed by atoms with Gasteiger partial charge >= 0.3 is 12.1 Å². The Morgan fingerprint density at radius 3 is 2.45 bits per heavy atom. The van der Waals surface area contributed by atoms with Gasteiger partial charge < -0.3 is 20.1 Å². The van der Waals surface area contributed by atoms with Crippen molar-refractivity contribution >= 4 is 18.0 Å². The molecular weight excluding hydrogens is 288 g/mol. The predicted octanol–water partition coefficient (Wildman–Crippen LogP) is 1.47. The van der Waals surface area contributed by atoms with Crippen molar-refractivity contribution in [2.45, 2.75) is 52.1 Å². The average molecular weight is 314 g/mol. The van der Waals surface area contributed by atoms with Gasteiger partial charge in [-0.1, -0.05) is 13.8 Å². The molecule has 0 aromatic heterocycles. The van der Waals surface area contributed by atoms with Crippen molar-refractivity contribution in [3.8, 4) is 0 Å². The number of likely N-dealkylation sites (tertiary alicyclic amines) is 1. The molecule has 22 heavy (non-hydrogen) atoms. The molecule has 0 saturated carbocycles. The molecule has 1 fully saturated rings. The molecule has 0 aliphatic carbocycles.